The molecule has 3 nitrogen and oxygen atoms in total. The number of fused-ring (bicyclic) bond motifs is 1. The zero-order valence-electron chi connectivity index (χ0n) is 9.07. The van der Waals surface area contributed by atoms with Gasteiger partial charge in [-0.3, -0.25) is 4.79 Å². The Bertz CT molecular complexity index is 524. The van der Waals surface area contributed by atoms with Crippen LogP contribution in [-0.2, 0) is 0 Å². The summed E-state index contributed by atoms with van der Waals surface area (Å²) in [5.74, 6) is 0.523. The van der Waals surface area contributed by atoms with Crippen molar-refractivity contribution >= 4 is 17.3 Å². The molecule has 1 saturated carbocycles. The fraction of sp³-hybridized carbons (Fsp3) is 0.385. The van der Waals surface area contributed by atoms with Gasteiger partial charge in [0.05, 0.1) is 0 Å². The van der Waals surface area contributed by atoms with E-state index in [2.05, 4.69) is 9.97 Å². The molecule has 1 fully saturated rings. The maximum Gasteiger partial charge on any atom is 0.152 e. The molecular weight excluding hydrogens is 200 g/mol. The van der Waals surface area contributed by atoms with Crippen molar-refractivity contribution in [2.45, 2.75) is 31.6 Å². The van der Waals surface area contributed by atoms with Crippen LogP contribution in [0.5, 0.6) is 0 Å². The number of carbonyl (C=O) groups is 1. The van der Waals surface area contributed by atoms with Crippen molar-refractivity contribution in [3.05, 3.63) is 29.6 Å². The van der Waals surface area contributed by atoms with E-state index in [9.17, 15) is 4.79 Å². The van der Waals surface area contributed by atoms with Gasteiger partial charge in [-0.05, 0) is 30.9 Å². The summed E-state index contributed by atoms with van der Waals surface area (Å²) in [4.78, 5) is 18.8. The highest BCUT2D eigenvalue weighted by Gasteiger charge is 2.23. The Morgan fingerprint density at radius 2 is 2.19 bits per heavy atom. The van der Waals surface area contributed by atoms with Crippen LogP contribution in [-0.4, -0.2) is 16.3 Å². The zero-order valence-corrected chi connectivity index (χ0v) is 9.07. The molecule has 0 unspecified atom stereocenters. The minimum absolute atomic E-state index is 0.523. The lowest BCUT2D eigenvalue weighted by atomic mass is 10.00. The lowest BCUT2D eigenvalue weighted by Crippen LogP contribution is -1.96. The number of H-pyrrole nitrogens is 1. The highest BCUT2D eigenvalue weighted by atomic mass is 16.1. The molecule has 2 heterocycles. The molecule has 1 aliphatic rings. The van der Waals surface area contributed by atoms with Gasteiger partial charge in [-0.25, -0.2) is 4.98 Å². The van der Waals surface area contributed by atoms with Crippen LogP contribution in [0.25, 0.3) is 11.0 Å². The van der Waals surface area contributed by atoms with Crippen LogP contribution in [0.3, 0.4) is 0 Å². The summed E-state index contributed by atoms with van der Waals surface area (Å²) >= 11 is 0. The molecule has 2 aromatic rings. The van der Waals surface area contributed by atoms with E-state index in [1.54, 1.807) is 6.20 Å². The van der Waals surface area contributed by atoms with E-state index < -0.39 is 0 Å². The third kappa shape index (κ3) is 1.35. The number of carbonyl (C=O) groups excluding carboxylic acids is 1. The van der Waals surface area contributed by atoms with Crippen molar-refractivity contribution in [2.75, 3.05) is 0 Å². The van der Waals surface area contributed by atoms with Crippen LogP contribution < -0.4 is 0 Å². The lowest BCUT2D eigenvalue weighted by molar-refractivity contribution is 0.112. The molecule has 0 spiro atoms. The first-order valence-corrected chi connectivity index (χ1v) is 5.82. The van der Waals surface area contributed by atoms with Gasteiger partial charge in [0, 0.05) is 22.8 Å². The van der Waals surface area contributed by atoms with Crippen molar-refractivity contribution in [2.24, 2.45) is 0 Å². The Balaban J connectivity index is 2.19. The molecule has 3 heteroatoms. The highest BCUT2D eigenvalue weighted by molar-refractivity contribution is 5.97. The van der Waals surface area contributed by atoms with Crippen molar-refractivity contribution in [1.29, 1.82) is 0 Å². The normalized spacial score (nSPS) is 17.0. The van der Waals surface area contributed by atoms with Crippen LogP contribution in [0.2, 0.25) is 0 Å². The van der Waals surface area contributed by atoms with E-state index in [1.165, 1.54) is 25.7 Å². The molecule has 0 radical (unpaired) electrons. The van der Waals surface area contributed by atoms with Gasteiger partial charge in [-0.1, -0.05) is 12.8 Å². The lowest BCUT2D eigenvalue weighted by Gasteiger charge is -2.06. The number of nitrogens with one attached hydrogen (secondary N) is 1. The molecule has 0 bridgehead atoms. The maximum atomic E-state index is 11.2. The number of nitrogens with zero attached hydrogens (tertiary/aromatic N) is 1. The monoisotopic (exact) mass is 214 g/mol. The molecule has 16 heavy (non-hydrogen) atoms. The third-order valence-electron chi connectivity index (χ3n) is 3.52. The van der Waals surface area contributed by atoms with E-state index >= 15 is 0 Å². The molecule has 2 aromatic heterocycles. The predicted octanol–water partition coefficient (Wildman–Crippen LogP) is 3.03. The third-order valence-corrected chi connectivity index (χ3v) is 3.52. The zero-order chi connectivity index (χ0) is 11.0. The maximum absolute atomic E-state index is 11.2. The van der Waals surface area contributed by atoms with Crippen LogP contribution in [0.15, 0.2) is 18.3 Å². The summed E-state index contributed by atoms with van der Waals surface area (Å²) in [5.41, 5.74) is 2.75. The van der Waals surface area contributed by atoms with Crippen molar-refractivity contribution in [3.8, 4) is 0 Å². The van der Waals surface area contributed by atoms with E-state index in [0.29, 0.717) is 5.92 Å². The Labute approximate surface area is 93.9 Å². The number of rotatable bonds is 2. The predicted molar refractivity (Wildman–Crippen MR) is 62.7 cm³/mol. The number of pyridine rings is 1. The molecule has 0 amide bonds. The second-order valence-electron chi connectivity index (χ2n) is 4.45. The van der Waals surface area contributed by atoms with E-state index in [0.717, 1.165) is 28.6 Å². The average molecular weight is 214 g/mol. The van der Waals surface area contributed by atoms with Gasteiger partial charge >= 0.3 is 0 Å². The van der Waals surface area contributed by atoms with Crippen molar-refractivity contribution in [1.82, 2.24) is 9.97 Å². The van der Waals surface area contributed by atoms with Gasteiger partial charge in [-0.15, -0.1) is 0 Å². The number of hydrogen-bond donors (Lipinski definition) is 1. The number of aromatic amines is 1. The molecule has 0 saturated heterocycles. The first kappa shape index (κ1) is 9.58. The van der Waals surface area contributed by atoms with Crippen LogP contribution in [0.1, 0.15) is 47.7 Å². The quantitative estimate of drug-likeness (QED) is 0.781. The van der Waals surface area contributed by atoms with E-state index in [1.807, 2.05) is 12.1 Å². The van der Waals surface area contributed by atoms with E-state index in [4.69, 9.17) is 0 Å². The summed E-state index contributed by atoms with van der Waals surface area (Å²) < 4.78 is 0. The molecule has 82 valence electrons. The summed E-state index contributed by atoms with van der Waals surface area (Å²) in [5, 5.41) is 0.958. The van der Waals surface area contributed by atoms with E-state index in [-0.39, 0.29) is 0 Å². The largest absolute Gasteiger partial charge is 0.342 e. The summed E-state index contributed by atoms with van der Waals surface area (Å²) in [6.07, 6.45) is 7.64. The van der Waals surface area contributed by atoms with Crippen LogP contribution in [0, 0.1) is 0 Å². The number of aromatic nitrogens is 2. The molecule has 0 atom stereocenters. The van der Waals surface area contributed by atoms with Crippen LogP contribution in [0.4, 0.5) is 0 Å². The molecular formula is C13H14N2O. The van der Waals surface area contributed by atoms with Crippen molar-refractivity contribution in [3.63, 3.8) is 0 Å². The molecule has 0 aliphatic heterocycles. The number of hydrogen-bond acceptors (Lipinski definition) is 2. The number of aldehydes is 1. The molecule has 1 N–H and O–H groups in total. The molecule has 0 aromatic carbocycles. The van der Waals surface area contributed by atoms with Crippen molar-refractivity contribution < 1.29 is 4.79 Å². The smallest absolute Gasteiger partial charge is 0.152 e. The van der Waals surface area contributed by atoms with Gasteiger partial charge in [0.15, 0.2) is 6.29 Å². The van der Waals surface area contributed by atoms with Crippen LogP contribution >= 0.6 is 0 Å². The second kappa shape index (κ2) is 3.74. The first-order valence-electron chi connectivity index (χ1n) is 5.82. The molecule has 1 aliphatic carbocycles. The summed E-state index contributed by atoms with van der Waals surface area (Å²) in [6, 6.07) is 3.84. The topological polar surface area (TPSA) is 45.8 Å². The minimum Gasteiger partial charge on any atom is -0.342 e. The SMILES string of the molecule is O=Cc1c(C2CCCC2)[nH]c2ncccc12. The standard InChI is InChI=1S/C13H14N2O/c16-8-11-10-6-3-7-14-13(10)15-12(11)9-4-1-2-5-9/h3,6-9H,1-2,4-5H2,(H,14,15). The summed E-state index contributed by atoms with van der Waals surface area (Å²) in [7, 11) is 0. The highest BCUT2D eigenvalue weighted by Crippen LogP contribution is 2.36. The Kier molecular flexibility index (Phi) is 2.24. The first-order chi connectivity index (χ1) is 7.90. The Morgan fingerprint density at radius 3 is 2.94 bits per heavy atom. The average Bonchev–Trinajstić information content (AvgIpc) is 2.95. The summed E-state index contributed by atoms with van der Waals surface area (Å²) in [6.45, 7) is 0. The fourth-order valence-corrected chi connectivity index (χ4v) is 2.73. The second-order valence-corrected chi connectivity index (χ2v) is 4.45. The van der Waals surface area contributed by atoms with Gasteiger partial charge in [-0.2, -0.15) is 0 Å². The minimum atomic E-state index is 0.523. The van der Waals surface area contributed by atoms with Gasteiger partial charge in [0.25, 0.3) is 0 Å². The van der Waals surface area contributed by atoms with Gasteiger partial charge in [0.1, 0.15) is 5.65 Å². The van der Waals surface area contributed by atoms with Gasteiger partial charge in [0.2, 0.25) is 0 Å². The molecule has 3 rings (SSSR count). The van der Waals surface area contributed by atoms with Gasteiger partial charge < -0.3 is 4.98 Å². The Morgan fingerprint density at radius 1 is 1.38 bits per heavy atom. The Hall–Kier alpha value is -1.64. The fourth-order valence-electron chi connectivity index (χ4n) is 2.73.